The van der Waals surface area contributed by atoms with Crippen LogP contribution in [0.1, 0.15) is 21.0 Å². The molecule has 0 radical (unpaired) electrons. The van der Waals surface area contributed by atoms with Crippen molar-refractivity contribution in [2.45, 2.75) is 0 Å². The molecule has 0 aliphatic carbocycles. The number of hydrogen-bond acceptors (Lipinski definition) is 6. The zero-order valence-electron chi connectivity index (χ0n) is 16.1. The van der Waals surface area contributed by atoms with Gasteiger partial charge in [0.05, 0.1) is 5.69 Å². The summed E-state index contributed by atoms with van der Waals surface area (Å²) < 4.78 is 0. The lowest BCUT2D eigenvalue weighted by Crippen LogP contribution is -2.16. The number of nitrogens with one attached hydrogen (secondary N) is 3. The van der Waals surface area contributed by atoms with Gasteiger partial charge in [-0.1, -0.05) is 18.2 Å². The Morgan fingerprint density at radius 1 is 0.774 bits per heavy atom. The van der Waals surface area contributed by atoms with Gasteiger partial charge in [-0.15, -0.1) is 0 Å². The molecule has 4 aromatic rings. The van der Waals surface area contributed by atoms with Crippen molar-refractivity contribution < 1.29 is 9.59 Å². The van der Waals surface area contributed by atoms with Crippen LogP contribution in [0.3, 0.4) is 0 Å². The molecule has 0 atom stereocenters. The van der Waals surface area contributed by atoms with Crippen LogP contribution in [0.2, 0.25) is 0 Å². The highest BCUT2D eigenvalue weighted by atomic mass is 16.2. The lowest BCUT2D eigenvalue weighted by atomic mass is 10.1. The number of aromatic amines is 1. The Morgan fingerprint density at radius 3 is 2.19 bits per heavy atom. The van der Waals surface area contributed by atoms with Crippen molar-refractivity contribution in [1.29, 1.82) is 0 Å². The lowest BCUT2D eigenvalue weighted by molar-refractivity contribution is 0.101. The second-order valence-corrected chi connectivity index (χ2v) is 6.45. The maximum atomic E-state index is 12.7. The minimum atomic E-state index is -0.454. The topological polar surface area (TPSA) is 130 Å². The van der Waals surface area contributed by atoms with E-state index >= 15 is 0 Å². The van der Waals surface area contributed by atoms with Crippen LogP contribution in [0.15, 0.2) is 83.9 Å². The van der Waals surface area contributed by atoms with Crippen LogP contribution in [0, 0.1) is 0 Å². The molecule has 2 amide bonds. The Hall–Kier alpha value is -4.66. The number of anilines is 2. The number of carbonyl (C=O) groups excluding carboxylic acids is 2. The summed E-state index contributed by atoms with van der Waals surface area (Å²) in [5, 5.41) is 11.8. The predicted octanol–water partition coefficient (Wildman–Crippen LogP) is 2.73. The second kappa shape index (κ2) is 8.78. The van der Waals surface area contributed by atoms with Crippen molar-refractivity contribution in [2.24, 2.45) is 0 Å². The van der Waals surface area contributed by atoms with Crippen molar-refractivity contribution in [3.63, 3.8) is 0 Å². The van der Waals surface area contributed by atoms with Gasteiger partial charge in [-0.3, -0.25) is 14.4 Å². The fourth-order valence-electron chi connectivity index (χ4n) is 2.81. The minimum Gasteiger partial charge on any atom is -0.322 e. The maximum Gasteiger partial charge on any atom is 0.293 e. The zero-order chi connectivity index (χ0) is 21.6. The van der Waals surface area contributed by atoms with E-state index in [1.165, 1.54) is 18.5 Å². The second-order valence-electron chi connectivity index (χ2n) is 6.45. The van der Waals surface area contributed by atoms with E-state index in [0.717, 1.165) is 0 Å². The molecule has 152 valence electrons. The molecule has 0 saturated heterocycles. The van der Waals surface area contributed by atoms with Gasteiger partial charge in [-0.2, -0.15) is 5.10 Å². The molecular weight excluding hydrogens is 396 g/mol. The van der Waals surface area contributed by atoms with Crippen molar-refractivity contribution in [1.82, 2.24) is 20.2 Å². The Morgan fingerprint density at radius 2 is 1.48 bits per heavy atom. The van der Waals surface area contributed by atoms with Gasteiger partial charge in [0.15, 0.2) is 0 Å². The molecule has 0 saturated carbocycles. The Balaban J connectivity index is 1.48. The van der Waals surface area contributed by atoms with Crippen molar-refractivity contribution in [3.8, 4) is 11.3 Å². The average molecular weight is 412 g/mol. The summed E-state index contributed by atoms with van der Waals surface area (Å²) >= 11 is 0. The Kier molecular flexibility index (Phi) is 5.57. The zero-order valence-corrected chi connectivity index (χ0v) is 16.1. The van der Waals surface area contributed by atoms with Crippen molar-refractivity contribution in [3.05, 3.63) is 101 Å². The number of rotatable bonds is 5. The average Bonchev–Trinajstić information content (AvgIpc) is 2.80. The molecule has 2 heterocycles. The molecular formula is C22H16N6O3. The number of aromatic nitrogens is 4. The molecule has 0 unspecified atom stereocenters. The third-order valence-electron chi connectivity index (χ3n) is 4.25. The first-order chi connectivity index (χ1) is 15.1. The van der Waals surface area contributed by atoms with Crippen LogP contribution in [0.4, 0.5) is 11.4 Å². The predicted molar refractivity (Wildman–Crippen MR) is 115 cm³/mol. The molecule has 0 bridgehead atoms. The molecule has 9 nitrogen and oxygen atoms in total. The Labute approximate surface area is 176 Å². The number of H-pyrrole nitrogens is 1. The number of amides is 2. The molecule has 9 heteroatoms. The molecule has 0 fully saturated rings. The van der Waals surface area contributed by atoms with E-state index in [1.54, 1.807) is 60.7 Å². The summed E-state index contributed by atoms with van der Waals surface area (Å²) in [5.41, 5.74) is 2.33. The quantitative estimate of drug-likeness (QED) is 0.462. The van der Waals surface area contributed by atoms with E-state index in [1.807, 2.05) is 0 Å². The van der Waals surface area contributed by atoms with Crippen LogP contribution in [0.5, 0.6) is 0 Å². The lowest BCUT2D eigenvalue weighted by Gasteiger charge is -2.09. The van der Waals surface area contributed by atoms with Gasteiger partial charge in [0, 0.05) is 41.0 Å². The molecule has 0 aliphatic heterocycles. The molecule has 31 heavy (non-hydrogen) atoms. The highest BCUT2D eigenvalue weighted by Gasteiger charge is 2.11. The van der Waals surface area contributed by atoms with E-state index in [2.05, 4.69) is 30.8 Å². The van der Waals surface area contributed by atoms with Gasteiger partial charge in [0.2, 0.25) is 5.82 Å². The van der Waals surface area contributed by atoms with Crippen LogP contribution in [-0.2, 0) is 0 Å². The largest absolute Gasteiger partial charge is 0.322 e. The Bertz CT molecular complexity index is 1280. The standard InChI is InChI=1S/C22H16N6O3/c29-19-9-8-18(27-28-19)14-4-1-5-15(12-14)21(30)25-16-6-2-7-17(13-16)26-22(31)20-23-10-3-11-24-20/h1-13H,(H,25,30)(H,26,31)(H,28,29). The summed E-state index contributed by atoms with van der Waals surface area (Å²) in [6.07, 6.45) is 2.96. The molecule has 2 aromatic heterocycles. The van der Waals surface area contributed by atoms with Crippen LogP contribution >= 0.6 is 0 Å². The first kappa shape index (κ1) is 19.6. The summed E-state index contributed by atoms with van der Waals surface area (Å²) in [6.45, 7) is 0. The molecule has 2 aromatic carbocycles. The smallest absolute Gasteiger partial charge is 0.293 e. The normalized spacial score (nSPS) is 10.3. The summed E-state index contributed by atoms with van der Waals surface area (Å²) in [7, 11) is 0. The van der Waals surface area contributed by atoms with Gasteiger partial charge in [-0.25, -0.2) is 15.1 Å². The minimum absolute atomic E-state index is 0.0459. The maximum absolute atomic E-state index is 12.7. The number of carbonyl (C=O) groups is 2. The van der Waals surface area contributed by atoms with Crippen LogP contribution in [0.25, 0.3) is 11.3 Å². The van der Waals surface area contributed by atoms with E-state index in [-0.39, 0.29) is 17.3 Å². The van der Waals surface area contributed by atoms with Gasteiger partial charge in [0.1, 0.15) is 0 Å². The number of hydrogen-bond donors (Lipinski definition) is 3. The molecule has 3 N–H and O–H groups in total. The molecule has 0 aliphatic rings. The van der Waals surface area contributed by atoms with Gasteiger partial charge < -0.3 is 10.6 Å². The monoisotopic (exact) mass is 412 g/mol. The number of nitrogens with zero attached hydrogens (tertiary/aromatic N) is 3. The van der Waals surface area contributed by atoms with Crippen molar-refractivity contribution >= 4 is 23.2 Å². The number of benzene rings is 2. The first-order valence-electron chi connectivity index (χ1n) is 9.24. The van der Waals surface area contributed by atoms with Crippen molar-refractivity contribution in [2.75, 3.05) is 10.6 Å². The highest BCUT2D eigenvalue weighted by Crippen LogP contribution is 2.19. The summed E-state index contributed by atoms with van der Waals surface area (Å²) in [5.74, 6) is -0.740. The molecule has 4 rings (SSSR count). The molecule has 0 spiro atoms. The highest BCUT2D eigenvalue weighted by molar-refractivity contribution is 6.06. The SMILES string of the molecule is O=C(Nc1cccc(NC(=O)c2ncccn2)c1)c1cccc(-c2ccc(=O)[nH]n2)c1. The van der Waals surface area contributed by atoms with E-state index in [0.29, 0.717) is 28.2 Å². The third-order valence-corrected chi connectivity index (χ3v) is 4.25. The van der Waals surface area contributed by atoms with E-state index in [4.69, 9.17) is 0 Å². The van der Waals surface area contributed by atoms with Gasteiger partial charge in [0.25, 0.3) is 17.4 Å². The van der Waals surface area contributed by atoms with Crippen LogP contribution < -0.4 is 16.2 Å². The van der Waals surface area contributed by atoms with E-state index < -0.39 is 5.91 Å². The van der Waals surface area contributed by atoms with Crippen LogP contribution in [-0.4, -0.2) is 32.0 Å². The third kappa shape index (κ3) is 4.85. The first-order valence-corrected chi connectivity index (χ1v) is 9.24. The van der Waals surface area contributed by atoms with Gasteiger partial charge in [-0.05, 0) is 42.5 Å². The summed E-state index contributed by atoms with van der Waals surface area (Å²) in [6, 6.07) is 18.2. The fourth-order valence-corrected chi connectivity index (χ4v) is 2.81. The summed E-state index contributed by atoms with van der Waals surface area (Å²) in [4.78, 5) is 43.9. The van der Waals surface area contributed by atoms with Gasteiger partial charge >= 0.3 is 0 Å². The fraction of sp³-hybridized carbons (Fsp3) is 0. The van der Waals surface area contributed by atoms with E-state index in [9.17, 15) is 14.4 Å².